The summed E-state index contributed by atoms with van der Waals surface area (Å²) in [5, 5.41) is 17.6. The molecule has 4 aromatic carbocycles. The van der Waals surface area contributed by atoms with Crippen molar-refractivity contribution < 1.29 is 37.5 Å². The van der Waals surface area contributed by atoms with Crippen LogP contribution in [0.4, 0.5) is 4.79 Å². The average molecular weight is 767 g/mol. The quantitative estimate of drug-likeness (QED) is 0.0868. The molecule has 1 heterocycles. The van der Waals surface area contributed by atoms with Crippen LogP contribution in [0.2, 0.25) is 0 Å². The van der Waals surface area contributed by atoms with Crippen molar-refractivity contribution in [3.8, 4) is 0 Å². The molecule has 13 heteroatoms. The van der Waals surface area contributed by atoms with Gasteiger partial charge in [-0.05, 0) is 53.6 Å². The Morgan fingerprint density at radius 3 is 1.96 bits per heavy atom. The van der Waals surface area contributed by atoms with Crippen LogP contribution in [0.1, 0.15) is 70.6 Å². The molecule has 0 fully saturated rings. The Morgan fingerprint density at radius 2 is 1.36 bits per heavy atom. The summed E-state index contributed by atoms with van der Waals surface area (Å²) in [5.41, 5.74) is 4.18. The summed E-state index contributed by atoms with van der Waals surface area (Å²) in [6.07, 6.45) is 0.926. The number of fused-ring (bicyclic) bond motifs is 1. The second-order valence-electron chi connectivity index (χ2n) is 13.6. The molecule has 2 unspecified atom stereocenters. The van der Waals surface area contributed by atoms with Crippen molar-refractivity contribution in [1.29, 1.82) is 0 Å². The lowest BCUT2D eigenvalue weighted by Crippen LogP contribution is -2.52. The Hall–Kier alpha value is -5.82. The van der Waals surface area contributed by atoms with Gasteiger partial charge in [-0.3, -0.25) is 19.2 Å². The number of amides is 4. The van der Waals surface area contributed by atoms with Gasteiger partial charge in [0.2, 0.25) is 17.7 Å². The molecule has 2 atom stereocenters. The third-order valence-electron chi connectivity index (χ3n) is 9.76. The fraction of sp³-hybridized carbons (Fsp3) is 0.310. The Balaban J connectivity index is 1.14. The molecule has 4 aromatic rings. The summed E-state index contributed by atoms with van der Waals surface area (Å²) >= 11 is 0. The predicted molar refractivity (Wildman–Crippen MR) is 207 cm³/mol. The molecule has 0 bridgehead atoms. The van der Waals surface area contributed by atoms with E-state index in [0.29, 0.717) is 24.8 Å². The van der Waals surface area contributed by atoms with E-state index in [1.807, 2.05) is 84.9 Å². The molecule has 0 spiro atoms. The second-order valence-corrected chi connectivity index (χ2v) is 15.7. The van der Waals surface area contributed by atoms with E-state index < -0.39 is 33.9 Å². The average Bonchev–Trinajstić information content (AvgIpc) is 3.19. The van der Waals surface area contributed by atoms with Crippen LogP contribution in [-0.2, 0) is 37.2 Å². The van der Waals surface area contributed by atoms with Crippen molar-refractivity contribution in [3.63, 3.8) is 0 Å². The zero-order valence-corrected chi connectivity index (χ0v) is 31.5. The van der Waals surface area contributed by atoms with E-state index in [4.69, 9.17) is 0 Å². The summed E-state index contributed by atoms with van der Waals surface area (Å²) in [5.74, 6) is -1.60. The minimum absolute atomic E-state index is 0.0926. The number of rotatable bonds is 17. The molecular formula is C42H46N4O8S. The number of sulfone groups is 1. The van der Waals surface area contributed by atoms with Crippen LogP contribution < -0.4 is 16.0 Å². The first kappa shape index (κ1) is 40.4. The minimum atomic E-state index is -3.42. The lowest BCUT2D eigenvalue weighted by Gasteiger charge is -2.36. The number of nitrogens with zero attached hydrogens (tertiary/aromatic N) is 1. The molecule has 1 aliphatic heterocycles. The maximum atomic E-state index is 13.6. The number of Topliss-reactive ketones (excluding diaryl/α,β-unsaturated/α-hetero) is 1. The SMILES string of the molecule is CS(=O)(=O)c1ccc(C(=O)CCC(=O)N2Cc3ccccc3CC2C(=O)NCCCCC(NC(=O)O)C(=O)NCC(c2ccccc2)c2ccccc2)cc1. The third-order valence-corrected chi connectivity index (χ3v) is 10.9. The molecule has 4 N–H and O–H groups in total. The molecule has 12 nitrogen and oxygen atoms in total. The Bertz CT molecular complexity index is 2040. The van der Waals surface area contributed by atoms with Crippen LogP contribution in [-0.4, -0.2) is 79.5 Å². The van der Waals surface area contributed by atoms with E-state index in [1.54, 1.807) is 0 Å². The second kappa shape index (κ2) is 19.0. The van der Waals surface area contributed by atoms with Crippen molar-refractivity contribution in [1.82, 2.24) is 20.9 Å². The van der Waals surface area contributed by atoms with Gasteiger partial charge in [-0.25, -0.2) is 13.2 Å². The van der Waals surface area contributed by atoms with Crippen molar-refractivity contribution in [2.75, 3.05) is 19.3 Å². The summed E-state index contributed by atoms with van der Waals surface area (Å²) < 4.78 is 23.5. The maximum absolute atomic E-state index is 13.6. The number of hydrogen-bond donors (Lipinski definition) is 4. The van der Waals surface area contributed by atoms with Gasteiger partial charge in [-0.1, -0.05) is 97.1 Å². The Labute approximate surface area is 321 Å². The molecule has 55 heavy (non-hydrogen) atoms. The number of nitrogens with one attached hydrogen (secondary N) is 3. The lowest BCUT2D eigenvalue weighted by atomic mass is 9.91. The molecule has 0 saturated carbocycles. The molecule has 288 valence electrons. The van der Waals surface area contributed by atoms with E-state index in [-0.39, 0.29) is 67.3 Å². The number of ketones is 1. The van der Waals surface area contributed by atoms with Gasteiger partial charge >= 0.3 is 6.09 Å². The first-order valence-electron chi connectivity index (χ1n) is 18.2. The van der Waals surface area contributed by atoms with Gasteiger partial charge in [0.1, 0.15) is 12.1 Å². The highest BCUT2D eigenvalue weighted by Gasteiger charge is 2.34. The highest BCUT2D eigenvalue weighted by atomic mass is 32.2. The topological polar surface area (TPSA) is 179 Å². The van der Waals surface area contributed by atoms with E-state index in [0.717, 1.165) is 28.5 Å². The van der Waals surface area contributed by atoms with Crippen LogP contribution in [0.5, 0.6) is 0 Å². The van der Waals surface area contributed by atoms with Crippen molar-refractivity contribution in [2.24, 2.45) is 0 Å². The van der Waals surface area contributed by atoms with Gasteiger partial charge in [-0.15, -0.1) is 0 Å². The van der Waals surface area contributed by atoms with E-state index in [1.165, 1.54) is 29.2 Å². The number of benzene rings is 4. The summed E-state index contributed by atoms with van der Waals surface area (Å²) in [6, 6.07) is 30.8. The monoisotopic (exact) mass is 766 g/mol. The van der Waals surface area contributed by atoms with Gasteiger partial charge in [0.25, 0.3) is 0 Å². The van der Waals surface area contributed by atoms with E-state index in [2.05, 4.69) is 16.0 Å². The predicted octanol–water partition coefficient (Wildman–Crippen LogP) is 4.88. The summed E-state index contributed by atoms with van der Waals surface area (Å²) in [4.78, 5) is 66.4. The Kier molecular flexibility index (Phi) is 13.9. The lowest BCUT2D eigenvalue weighted by molar-refractivity contribution is -0.141. The minimum Gasteiger partial charge on any atom is -0.465 e. The number of carbonyl (C=O) groups excluding carboxylic acids is 4. The third kappa shape index (κ3) is 11.3. The smallest absolute Gasteiger partial charge is 0.405 e. The number of hydrogen-bond acceptors (Lipinski definition) is 7. The molecule has 0 aromatic heterocycles. The highest BCUT2D eigenvalue weighted by molar-refractivity contribution is 7.90. The fourth-order valence-electron chi connectivity index (χ4n) is 6.76. The van der Waals surface area contributed by atoms with Gasteiger partial charge in [0.05, 0.1) is 4.90 Å². The summed E-state index contributed by atoms with van der Waals surface area (Å²) in [7, 11) is -3.42. The zero-order chi connectivity index (χ0) is 39.4. The van der Waals surface area contributed by atoms with Crippen molar-refractivity contribution >= 4 is 39.4 Å². The van der Waals surface area contributed by atoms with E-state index in [9.17, 15) is 37.5 Å². The largest absolute Gasteiger partial charge is 0.465 e. The van der Waals surface area contributed by atoms with Crippen LogP contribution in [0.15, 0.2) is 114 Å². The first-order chi connectivity index (χ1) is 26.4. The normalized spacial score (nSPS) is 14.4. The van der Waals surface area contributed by atoms with Crippen LogP contribution in [0, 0.1) is 0 Å². The van der Waals surface area contributed by atoms with Gasteiger partial charge < -0.3 is 26.0 Å². The van der Waals surface area contributed by atoms with Crippen LogP contribution in [0.25, 0.3) is 0 Å². The van der Waals surface area contributed by atoms with Gasteiger partial charge in [0.15, 0.2) is 15.6 Å². The molecular weight excluding hydrogens is 721 g/mol. The zero-order valence-electron chi connectivity index (χ0n) is 30.6. The molecule has 0 aliphatic carbocycles. The molecule has 5 rings (SSSR count). The van der Waals surface area contributed by atoms with E-state index >= 15 is 0 Å². The first-order valence-corrected chi connectivity index (χ1v) is 20.1. The van der Waals surface area contributed by atoms with Crippen LogP contribution >= 0.6 is 0 Å². The molecule has 4 amide bonds. The molecule has 1 aliphatic rings. The number of carboxylic acid groups (broad SMARTS) is 1. The Morgan fingerprint density at radius 1 is 0.764 bits per heavy atom. The number of unbranched alkanes of at least 4 members (excludes halogenated alkanes) is 1. The van der Waals surface area contributed by atoms with Crippen molar-refractivity contribution in [2.45, 2.75) is 68.0 Å². The van der Waals surface area contributed by atoms with Crippen LogP contribution in [0.3, 0.4) is 0 Å². The number of carbonyl (C=O) groups is 5. The molecule has 0 radical (unpaired) electrons. The van der Waals surface area contributed by atoms with Crippen molar-refractivity contribution in [3.05, 3.63) is 137 Å². The van der Waals surface area contributed by atoms with Gasteiger partial charge in [-0.2, -0.15) is 0 Å². The maximum Gasteiger partial charge on any atom is 0.405 e. The van der Waals surface area contributed by atoms with Gasteiger partial charge in [0, 0.05) is 56.6 Å². The highest BCUT2D eigenvalue weighted by Crippen LogP contribution is 2.26. The standard InChI is InChI=1S/C42H46N4O8S/c1-55(53,54)34-21-19-31(20-22-34)38(47)23-24-39(48)46-28-33-17-9-8-16-32(33)26-37(46)41(50)43-25-11-10-18-36(45-42(51)52)40(49)44-27-35(29-12-4-2-5-13-29)30-14-6-3-7-15-30/h2-9,12-17,19-22,35-37,45H,10-11,18,23-28H2,1H3,(H,43,50)(H,44,49)(H,51,52). The molecule has 0 saturated heterocycles. The summed E-state index contributed by atoms with van der Waals surface area (Å²) in [6.45, 7) is 0.719. The fourth-order valence-corrected chi connectivity index (χ4v) is 7.39.